The minimum Gasteiger partial charge on any atom is -0.462 e. The number of rotatable bonds is 1. The number of aliphatic hydroxyl groups excluding tert-OH is 1. The number of esters is 1. The fourth-order valence-corrected chi connectivity index (χ4v) is 7.43. The highest BCUT2D eigenvalue weighted by atomic mass is 16.5. The zero-order valence-electron chi connectivity index (χ0n) is 15.8. The molecule has 0 heterocycles. The summed E-state index contributed by atoms with van der Waals surface area (Å²) in [6, 6.07) is 0. The minimum absolute atomic E-state index is 0.0338. The summed E-state index contributed by atoms with van der Waals surface area (Å²) < 4.78 is 5.69. The van der Waals surface area contributed by atoms with Crippen LogP contribution in [-0.4, -0.2) is 29.1 Å². The van der Waals surface area contributed by atoms with E-state index in [0.717, 1.165) is 38.5 Å². The predicted molar refractivity (Wildman–Crippen MR) is 93.7 cm³/mol. The van der Waals surface area contributed by atoms with E-state index in [1.807, 2.05) is 0 Å². The quantitative estimate of drug-likeness (QED) is 0.737. The molecule has 0 spiro atoms. The van der Waals surface area contributed by atoms with Gasteiger partial charge in [0.1, 0.15) is 11.9 Å². The van der Waals surface area contributed by atoms with Gasteiger partial charge in [-0.25, -0.2) is 0 Å². The van der Waals surface area contributed by atoms with E-state index in [4.69, 9.17) is 4.74 Å². The Morgan fingerprint density at radius 1 is 1.08 bits per heavy atom. The van der Waals surface area contributed by atoms with Gasteiger partial charge in [0.2, 0.25) is 0 Å². The lowest BCUT2D eigenvalue weighted by Crippen LogP contribution is -2.58. The van der Waals surface area contributed by atoms with Crippen molar-refractivity contribution >= 4 is 11.8 Å². The van der Waals surface area contributed by atoms with E-state index < -0.39 is 0 Å². The standard InChI is InChI=1S/C21H32O4/c1-12(22)25-19-5-4-15-14-11-18(24)17-10-13(23)6-8-20(17,2)16(14)7-9-21(15,19)3/h14-19,24H,4-11H2,1-3H3. The number of hydrogen-bond acceptors (Lipinski definition) is 4. The maximum Gasteiger partial charge on any atom is 0.302 e. The molecule has 1 N–H and O–H groups in total. The zero-order chi connectivity index (χ0) is 18.0. The van der Waals surface area contributed by atoms with Crippen molar-refractivity contribution in [1.29, 1.82) is 0 Å². The van der Waals surface area contributed by atoms with Crippen LogP contribution in [0.2, 0.25) is 0 Å². The van der Waals surface area contributed by atoms with Gasteiger partial charge in [-0.05, 0) is 67.6 Å². The Balaban J connectivity index is 1.62. The number of aliphatic hydroxyl groups is 1. The molecule has 4 aliphatic carbocycles. The Morgan fingerprint density at radius 2 is 1.80 bits per heavy atom. The van der Waals surface area contributed by atoms with E-state index in [1.54, 1.807) is 0 Å². The van der Waals surface area contributed by atoms with Gasteiger partial charge in [0.05, 0.1) is 6.10 Å². The van der Waals surface area contributed by atoms with Crippen LogP contribution in [0.3, 0.4) is 0 Å². The lowest BCUT2D eigenvalue weighted by molar-refractivity contribution is -0.176. The molecular weight excluding hydrogens is 316 g/mol. The molecule has 0 radical (unpaired) electrons. The largest absolute Gasteiger partial charge is 0.462 e. The van der Waals surface area contributed by atoms with Crippen LogP contribution < -0.4 is 0 Å². The van der Waals surface area contributed by atoms with Crippen molar-refractivity contribution in [1.82, 2.24) is 0 Å². The van der Waals surface area contributed by atoms with E-state index >= 15 is 0 Å². The Bertz CT molecular complexity index is 586. The third-order valence-electron chi connectivity index (χ3n) is 8.72. The van der Waals surface area contributed by atoms with Gasteiger partial charge in [-0.3, -0.25) is 9.59 Å². The van der Waals surface area contributed by atoms with E-state index in [1.165, 1.54) is 6.92 Å². The third-order valence-corrected chi connectivity index (χ3v) is 8.72. The molecule has 25 heavy (non-hydrogen) atoms. The van der Waals surface area contributed by atoms with Crippen molar-refractivity contribution in [3.05, 3.63) is 0 Å². The topological polar surface area (TPSA) is 63.6 Å². The third kappa shape index (κ3) is 2.50. The molecule has 0 aromatic rings. The normalized spacial score (nSPS) is 52.1. The van der Waals surface area contributed by atoms with Crippen molar-refractivity contribution in [2.45, 2.75) is 84.3 Å². The fourth-order valence-electron chi connectivity index (χ4n) is 7.43. The Labute approximate surface area is 150 Å². The molecule has 0 aliphatic heterocycles. The van der Waals surface area contributed by atoms with Crippen LogP contribution in [0.25, 0.3) is 0 Å². The lowest BCUT2D eigenvalue weighted by atomic mass is 9.44. The number of ether oxygens (including phenoxy) is 1. The molecule has 0 aromatic heterocycles. The van der Waals surface area contributed by atoms with Gasteiger partial charge in [0.25, 0.3) is 0 Å². The van der Waals surface area contributed by atoms with Crippen LogP contribution in [-0.2, 0) is 14.3 Å². The summed E-state index contributed by atoms with van der Waals surface area (Å²) in [5, 5.41) is 10.9. The van der Waals surface area contributed by atoms with Crippen molar-refractivity contribution < 1.29 is 19.4 Å². The Morgan fingerprint density at radius 3 is 2.52 bits per heavy atom. The molecule has 4 nitrogen and oxygen atoms in total. The number of carbonyl (C=O) groups excluding carboxylic acids is 2. The van der Waals surface area contributed by atoms with Gasteiger partial charge < -0.3 is 9.84 Å². The zero-order valence-corrected chi connectivity index (χ0v) is 15.8. The number of fused-ring (bicyclic) bond motifs is 5. The van der Waals surface area contributed by atoms with Crippen LogP contribution in [0.4, 0.5) is 0 Å². The second-order valence-corrected chi connectivity index (χ2v) is 9.75. The highest BCUT2D eigenvalue weighted by molar-refractivity contribution is 5.79. The van der Waals surface area contributed by atoms with Crippen LogP contribution >= 0.6 is 0 Å². The van der Waals surface area contributed by atoms with Crippen molar-refractivity contribution in [3.8, 4) is 0 Å². The first-order valence-corrected chi connectivity index (χ1v) is 10.1. The fraction of sp³-hybridized carbons (Fsp3) is 0.905. The van der Waals surface area contributed by atoms with Crippen LogP contribution in [0.1, 0.15) is 72.1 Å². The molecule has 140 valence electrons. The van der Waals surface area contributed by atoms with Gasteiger partial charge in [-0.1, -0.05) is 13.8 Å². The van der Waals surface area contributed by atoms with Crippen LogP contribution in [0.15, 0.2) is 0 Å². The number of hydrogen-bond donors (Lipinski definition) is 1. The summed E-state index contributed by atoms with van der Waals surface area (Å²) in [5.41, 5.74) is 0.150. The first kappa shape index (κ1) is 17.5. The van der Waals surface area contributed by atoms with Crippen LogP contribution in [0, 0.1) is 34.5 Å². The Kier molecular flexibility index (Phi) is 4.06. The van der Waals surface area contributed by atoms with E-state index in [9.17, 15) is 14.7 Å². The highest BCUT2D eigenvalue weighted by Gasteiger charge is 2.62. The molecule has 4 fully saturated rings. The first-order valence-electron chi connectivity index (χ1n) is 10.1. The second-order valence-electron chi connectivity index (χ2n) is 9.75. The molecule has 0 amide bonds. The first-order chi connectivity index (χ1) is 11.8. The molecule has 4 rings (SSSR count). The maximum absolute atomic E-state index is 12.0. The molecule has 0 aromatic carbocycles. The molecular formula is C21H32O4. The van der Waals surface area contributed by atoms with Gasteiger partial charge in [0, 0.05) is 25.2 Å². The van der Waals surface area contributed by atoms with E-state index in [0.29, 0.717) is 36.4 Å². The summed E-state index contributed by atoms with van der Waals surface area (Å²) in [6.45, 7) is 6.16. The van der Waals surface area contributed by atoms with Gasteiger partial charge >= 0.3 is 5.97 Å². The van der Waals surface area contributed by atoms with E-state index in [-0.39, 0.29) is 34.9 Å². The molecule has 4 heteroatoms. The highest BCUT2D eigenvalue weighted by Crippen LogP contribution is 2.66. The minimum atomic E-state index is -0.356. The number of carbonyl (C=O) groups is 2. The molecule has 0 bridgehead atoms. The second kappa shape index (κ2) is 5.80. The molecule has 8 unspecified atom stereocenters. The van der Waals surface area contributed by atoms with Gasteiger partial charge in [0.15, 0.2) is 0 Å². The van der Waals surface area contributed by atoms with Crippen molar-refractivity contribution in [3.63, 3.8) is 0 Å². The molecule has 0 saturated heterocycles. The molecule has 8 atom stereocenters. The summed E-state index contributed by atoms with van der Waals surface area (Å²) in [6.07, 6.45) is 6.99. The SMILES string of the molecule is CC(=O)OC1CCC2C3CC(O)C4CC(=O)CCC4(C)C3CCC12C. The van der Waals surface area contributed by atoms with Gasteiger partial charge in [-0.15, -0.1) is 0 Å². The smallest absolute Gasteiger partial charge is 0.302 e. The molecule has 4 saturated carbocycles. The summed E-state index contributed by atoms with van der Waals surface area (Å²) >= 11 is 0. The summed E-state index contributed by atoms with van der Waals surface area (Å²) in [7, 11) is 0. The maximum atomic E-state index is 12.0. The predicted octanol–water partition coefficient (Wildman–Crippen LogP) is 3.50. The number of Topliss-reactive ketones (excluding diaryl/α,β-unsaturated/α-hetero) is 1. The average molecular weight is 348 g/mol. The number of ketones is 1. The van der Waals surface area contributed by atoms with E-state index in [2.05, 4.69) is 13.8 Å². The monoisotopic (exact) mass is 348 g/mol. The molecule has 4 aliphatic rings. The van der Waals surface area contributed by atoms with Crippen molar-refractivity contribution in [2.24, 2.45) is 34.5 Å². The summed E-state index contributed by atoms with van der Waals surface area (Å²) in [4.78, 5) is 23.5. The van der Waals surface area contributed by atoms with Gasteiger partial charge in [-0.2, -0.15) is 0 Å². The summed E-state index contributed by atoms with van der Waals surface area (Å²) in [5.74, 6) is 1.93. The lowest BCUT2D eigenvalue weighted by Gasteiger charge is -2.61. The Hall–Kier alpha value is -0.900. The average Bonchev–Trinajstić information content (AvgIpc) is 2.86. The van der Waals surface area contributed by atoms with Crippen LogP contribution in [0.5, 0.6) is 0 Å². The van der Waals surface area contributed by atoms with Crippen molar-refractivity contribution in [2.75, 3.05) is 0 Å².